The third kappa shape index (κ3) is 1.39. The van der Waals surface area contributed by atoms with Gasteiger partial charge in [-0.3, -0.25) is 0 Å². The van der Waals surface area contributed by atoms with E-state index in [0.29, 0.717) is 0 Å². The van der Waals surface area contributed by atoms with Crippen molar-refractivity contribution in [2.45, 2.75) is 6.92 Å². The Balaban J connectivity index is 2.82. The summed E-state index contributed by atoms with van der Waals surface area (Å²) in [6, 6.07) is -3.29. The van der Waals surface area contributed by atoms with Gasteiger partial charge in [0.1, 0.15) is 0 Å². The first-order valence-electron chi connectivity index (χ1n) is 9.00. The maximum atomic E-state index is 8.34. The quantitative estimate of drug-likeness (QED) is 0.476. The fraction of sp³-hybridized carbons (Fsp3) is 0.0667. The molecule has 0 aliphatic heterocycles. The van der Waals surface area contributed by atoms with Crippen LogP contribution in [0.25, 0.3) is 21.5 Å². The van der Waals surface area contributed by atoms with Crippen LogP contribution < -0.4 is 0 Å². The highest BCUT2D eigenvalue weighted by Crippen LogP contribution is 2.23. The zero-order chi connectivity index (χ0) is 18.1. The maximum Gasteiger partial charge on any atom is 0.0636 e. The van der Waals surface area contributed by atoms with Gasteiger partial charge in [-0.05, 0) is 40.6 Å². The van der Waals surface area contributed by atoms with Gasteiger partial charge in [0.05, 0.1) is 12.3 Å². The van der Waals surface area contributed by atoms with Crippen LogP contribution in [0.1, 0.15) is 17.9 Å². The Kier molecular flexibility index (Phi) is 0.690. The Morgan fingerprint density at radius 3 is 2.07 bits per heavy atom. The molecule has 0 saturated carbocycles. The summed E-state index contributed by atoms with van der Waals surface area (Å²) in [5.41, 5.74) is 0.195. The van der Waals surface area contributed by atoms with Gasteiger partial charge in [-0.25, -0.2) is 0 Å². The third-order valence-corrected chi connectivity index (χ3v) is 2.12. The Morgan fingerprint density at radius 2 is 1.33 bits per heavy atom. The van der Waals surface area contributed by atoms with Crippen molar-refractivity contribution in [2.75, 3.05) is 0 Å². The lowest BCUT2D eigenvalue weighted by molar-refractivity contribution is 1.51. The second kappa shape index (κ2) is 3.09. The topological polar surface area (TPSA) is 0 Å². The van der Waals surface area contributed by atoms with Gasteiger partial charge < -0.3 is 0 Å². The average Bonchev–Trinajstić information content (AvgIpc) is 2.55. The van der Waals surface area contributed by atoms with Crippen LogP contribution in [0, 0.1) is 6.92 Å². The minimum absolute atomic E-state index is 0.0315. The molecule has 15 heavy (non-hydrogen) atoms. The molecular formula is C15H12. The zero-order valence-corrected chi connectivity index (χ0v) is 8.00. The van der Waals surface area contributed by atoms with Crippen LogP contribution in [0.2, 0.25) is 0 Å². The fourth-order valence-corrected chi connectivity index (χ4v) is 1.44. The SMILES string of the molecule is [2H]c1c([2H])c([2H])c2c([2H])c3c([2H])c(C)c([2H])c([2H])c3c([2H])c2c1[2H]. The highest BCUT2D eigenvalue weighted by atomic mass is 14.0. The van der Waals surface area contributed by atoms with Crippen LogP contribution >= 0.6 is 0 Å². The van der Waals surface area contributed by atoms with E-state index in [2.05, 4.69) is 0 Å². The summed E-state index contributed by atoms with van der Waals surface area (Å²) < 4.78 is 72.4. The normalized spacial score (nSPS) is 19.4. The standard InChI is InChI=1S/C15H12/c1-11-6-7-14-9-12-4-2-3-5-13(12)10-15(14)8-11/h2-10H,1H3/i2D,3D,4D,5D,6D,7D,8D,9D,10D. The van der Waals surface area contributed by atoms with Crippen molar-refractivity contribution in [1.29, 1.82) is 0 Å². The number of benzene rings is 3. The summed E-state index contributed by atoms with van der Waals surface area (Å²) in [5.74, 6) is 0. The number of rotatable bonds is 0. The minimum atomic E-state index is -0.518. The summed E-state index contributed by atoms with van der Waals surface area (Å²) in [6.45, 7) is 1.48. The molecule has 0 aromatic heterocycles. The molecule has 0 amide bonds. The molecule has 0 saturated heterocycles. The zero-order valence-electron chi connectivity index (χ0n) is 17.0. The van der Waals surface area contributed by atoms with E-state index in [1.165, 1.54) is 6.92 Å². The van der Waals surface area contributed by atoms with Gasteiger partial charge in [0.15, 0.2) is 0 Å². The first-order chi connectivity index (χ1) is 11.1. The van der Waals surface area contributed by atoms with Crippen LogP contribution in [0.5, 0.6) is 0 Å². The molecule has 0 aliphatic rings. The van der Waals surface area contributed by atoms with Crippen molar-refractivity contribution < 1.29 is 12.3 Å². The summed E-state index contributed by atoms with van der Waals surface area (Å²) in [5, 5.41) is -0.424. The Hall–Kier alpha value is -1.82. The summed E-state index contributed by atoms with van der Waals surface area (Å²) in [7, 11) is 0. The lowest BCUT2D eigenvalue weighted by atomic mass is 10.0. The molecule has 0 heteroatoms. The molecule has 0 aliphatic carbocycles. The van der Waals surface area contributed by atoms with Gasteiger partial charge >= 0.3 is 0 Å². The number of hydrogen-bond donors (Lipinski definition) is 0. The van der Waals surface area contributed by atoms with Crippen molar-refractivity contribution >= 4 is 21.5 Å². The fourth-order valence-electron chi connectivity index (χ4n) is 1.44. The molecule has 0 atom stereocenters. The van der Waals surface area contributed by atoms with E-state index in [1.54, 1.807) is 0 Å². The molecule has 0 N–H and O–H groups in total. The van der Waals surface area contributed by atoms with E-state index in [9.17, 15) is 0 Å². The molecule has 3 rings (SSSR count). The minimum Gasteiger partial charge on any atom is -0.0616 e. The highest BCUT2D eigenvalue weighted by Gasteiger charge is 1.97. The van der Waals surface area contributed by atoms with Crippen molar-refractivity contribution in [3.63, 3.8) is 0 Å². The lowest BCUT2D eigenvalue weighted by Crippen LogP contribution is -1.77. The molecule has 0 bridgehead atoms. The lowest BCUT2D eigenvalue weighted by Gasteiger charge is -2.02. The van der Waals surface area contributed by atoms with Crippen molar-refractivity contribution in [3.8, 4) is 0 Å². The first kappa shape index (κ1) is 3.34. The number of hydrogen-bond acceptors (Lipinski definition) is 0. The Bertz CT molecular complexity index is 888. The summed E-state index contributed by atoms with van der Waals surface area (Å²) in [4.78, 5) is 0. The van der Waals surface area contributed by atoms with E-state index >= 15 is 0 Å². The molecule has 72 valence electrons. The molecule has 0 heterocycles. The van der Waals surface area contributed by atoms with Gasteiger partial charge in [0, 0.05) is 0 Å². The van der Waals surface area contributed by atoms with Gasteiger partial charge in [0.2, 0.25) is 0 Å². The van der Waals surface area contributed by atoms with Crippen LogP contribution in [-0.2, 0) is 0 Å². The van der Waals surface area contributed by atoms with E-state index in [4.69, 9.17) is 12.3 Å². The van der Waals surface area contributed by atoms with E-state index in [0.717, 1.165) is 0 Å². The van der Waals surface area contributed by atoms with Crippen LogP contribution in [0.3, 0.4) is 0 Å². The summed E-state index contributed by atoms with van der Waals surface area (Å²) >= 11 is 0. The van der Waals surface area contributed by atoms with Crippen molar-refractivity contribution in [3.05, 3.63) is 59.9 Å². The van der Waals surface area contributed by atoms with Crippen molar-refractivity contribution in [1.82, 2.24) is 0 Å². The van der Waals surface area contributed by atoms with Crippen LogP contribution in [0.15, 0.2) is 54.4 Å². The predicted molar refractivity (Wildman–Crippen MR) is 66.2 cm³/mol. The molecule has 0 radical (unpaired) electrons. The predicted octanol–water partition coefficient (Wildman–Crippen LogP) is 4.30. The molecule has 0 spiro atoms. The maximum absolute atomic E-state index is 8.34. The van der Waals surface area contributed by atoms with Crippen LogP contribution in [-0.4, -0.2) is 0 Å². The van der Waals surface area contributed by atoms with E-state index < -0.39 is 24.2 Å². The van der Waals surface area contributed by atoms with Crippen molar-refractivity contribution in [2.24, 2.45) is 0 Å². The second-order valence-electron chi connectivity index (χ2n) is 3.25. The first-order valence-corrected chi connectivity index (χ1v) is 4.50. The van der Waals surface area contributed by atoms with Gasteiger partial charge in [-0.15, -0.1) is 0 Å². The van der Waals surface area contributed by atoms with Gasteiger partial charge in [0.25, 0.3) is 0 Å². The van der Waals surface area contributed by atoms with Gasteiger partial charge in [-0.1, -0.05) is 47.9 Å². The smallest absolute Gasteiger partial charge is 0.0616 e. The molecule has 3 aromatic rings. The second-order valence-corrected chi connectivity index (χ2v) is 3.25. The number of fused-ring (bicyclic) bond motifs is 2. The Morgan fingerprint density at radius 1 is 0.733 bits per heavy atom. The van der Waals surface area contributed by atoms with E-state index in [1.807, 2.05) is 0 Å². The Labute approximate surface area is 102 Å². The van der Waals surface area contributed by atoms with Crippen LogP contribution in [0.4, 0.5) is 0 Å². The third-order valence-electron chi connectivity index (χ3n) is 2.12. The molecule has 3 aromatic carbocycles. The van der Waals surface area contributed by atoms with Gasteiger partial charge in [-0.2, -0.15) is 0 Å². The monoisotopic (exact) mass is 201 g/mol. The molecule has 0 unspecified atom stereocenters. The molecule has 0 nitrogen and oxygen atoms in total. The molecular weight excluding hydrogens is 180 g/mol. The highest BCUT2D eigenvalue weighted by molar-refractivity contribution is 5.98. The largest absolute Gasteiger partial charge is 0.0636 e. The average molecular weight is 201 g/mol. The summed E-state index contributed by atoms with van der Waals surface area (Å²) in [6.07, 6.45) is 0. The molecule has 0 fully saturated rings. The van der Waals surface area contributed by atoms with E-state index in [-0.39, 0.29) is 57.3 Å².